The van der Waals surface area contributed by atoms with Gasteiger partial charge >= 0.3 is 0 Å². The molecule has 0 saturated heterocycles. The highest BCUT2D eigenvalue weighted by atomic mass is 28.2. The lowest BCUT2D eigenvalue weighted by atomic mass is 9.87. The lowest BCUT2D eigenvalue weighted by Crippen LogP contribution is -2.33. The lowest BCUT2D eigenvalue weighted by Gasteiger charge is -2.33. The van der Waals surface area contributed by atoms with Crippen LogP contribution in [0.25, 0.3) is 0 Å². The minimum Gasteiger partial charge on any atom is -0.422 e. The molecule has 116 valence electrons. The maximum absolute atomic E-state index is 10.1. The molecule has 0 radical (unpaired) electrons. The normalized spacial score (nSPS) is 12.6. The van der Waals surface area contributed by atoms with Gasteiger partial charge in [0.2, 0.25) is 18.2 Å². The van der Waals surface area contributed by atoms with Gasteiger partial charge in [0.25, 0.3) is 0 Å². The van der Waals surface area contributed by atoms with Crippen molar-refractivity contribution >= 4 is 28.7 Å². The summed E-state index contributed by atoms with van der Waals surface area (Å²) in [6, 6.07) is 0. The first-order valence-corrected chi connectivity index (χ1v) is 7.72. The van der Waals surface area contributed by atoms with Gasteiger partial charge in [0.15, 0.2) is 0 Å². The predicted molar refractivity (Wildman–Crippen MR) is 80.4 cm³/mol. The molecule has 0 amide bonds. The predicted octanol–water partition coefficient (Wildman–Crippen LogP) is 0.370. The number of hydrogen-bond acceptors (Lipinski definition) is 7. The Bertz CT molecular complexity index is 365. The fourth-order valence-electron chi connectivity index (χ4n) is 2.26. The molecule has 0 aliphatic heterocycles. The first-order chi connectivity index (χ1) is 10.2. The van der Waals surface area contributed by atoms with Crippen molar-refractivity contribution in [2.24, 2.45) is 15.0 Å². The van der Waals surface area contributed by atoms with E-state index in [-0.39, 0.29) is 5.60 Å². The van der Waals surface area contributed by atoms with Crippen LogP contribution in [-0.4, -0.2) is 54.0 Å². The first kappa shape index (κ1) is 19.3. The third-order valence-electron chi connectivity index (χ3n) is 3.33. The Hall–Kier alpha value is -1.68. The minimum atomic E-state index is -0.318. The van der Waals surface area contributed by atoms with E-state index in [1.54, 1.807) is 0 Å². The average molecular weight is 311 g/mol. The molecule has 0 aromatic rings. The Balaban J connectivity index is 4.51. The van der Waals surface area contributed by atoms with E-state index in [9.17, 15) is 14.4 Å². The summed E-state index contributed by atoms with van der Waals surface area (Å²) in [7, 11) is 0.580. The second kappa shape index (κ2) is 13.3. The number of hydrogen-bond donors (Lipinski definition) is 0. The highest BCUT2D eigenvalue weighted by Crippen LogP contribution is 2.29. The van der Waals surface area contributed by atoms with Crippen LogP contribution in [0.2, 0.25) is 0 Å². The third kappa shape index (κ3) is 9.79. The summed E-state index contributed by atoms with van der Waals surface area (Å²) in [4.78, 5) is 40.8. The minimum absolute atomic E-state index is 0.318. The number of rotatable bonds is 13. The fraction of sp³-hybridized carbons (Fsp3) is 0.769. The van der Waals surface area contributed by atoms with Crippen molar-refractivity contribution in [2.45, 2.75) is 44.1 Å². The SMILES string of the molecule is O=C=NCCCC(CCCN=C=O)(CCCN=C=O)O[SiH3]. The molecule has 0 fully saturated rings. The molecule has 21 heavy (non-hydrogen) atoms. The van der Waals surface area contributed by atoms with E-state index in [2.05, 4.69) is 15.0 Å². The quantitative estimate of drug-likeness (QED) is 0.212. The monoisotopic (exact) mass is 311 g/mol. The van der Waals surface area contributed by atoms with Crippen molar-refractivity contribution in [2.75, 3.05) is 19.6 Å². The van der Waals surface area contributed by atoms with E-state index >= 15 is 0 Å². The number of carbonyl (C=O) groups excluding carboxylic acids is 3. The van der Waals surface area contributed by atoms with Crippen LogP contribution in [0.5, 0.6) is 0 Å². The number of nitrogens with zero attached hydrogens (tertiary/aromatic N) is 3. The summed E-state index contributed by atoms with van der Waals surface area (Å²) in [5.41, 5.74) is -0.318. The summed E-state index contributed by atoms with van der Waals surface area (Å²) in [5.74, 6) is 0. The Morgan fingerprint density at radius 2 is 1.10 bits per heavy atom. The van der Waals surface area contributed by atoms with Gasteiger partial charge in [-0.3, -0.25) is 0 Å². The van der Waals surface area contributed by atoms with E-state index in [0.717, 1.165) is 38.5 Å². The summed E-state index contributed by atoms with van der Waals surface area (Å²) in [6.45, 7) is 1.28. The summed E-state index contributed by atoms with van der Waals surface area (Å²) in [6.07, 6.45) is 9.02. The van der Waals surface area contributed by atoms with E-state index in [0.29, 0.717) is 30.1 Å². The molecular weight excluding hydrogens is 290 g/mol. The Morgan fingerprint density at radius 3 is 1.33 bits per heavy atom. The summed E-state index contributed by atoms with van der Waals surface area (Å²) >= 11 is 0. The van der Waals surface area contributed by atoms with Crippen LogP contribution in [0.3, 0.4) is 0 Å². The Kier molecular flexibility index (Phi) is 12.2. The van der Waals surface area contributed by atoms with Gasteiger partial charge in [-0.05, 0) is 38.5 Å². The average Bonchev–Trinajstić information content (AvgIpc) is 2.51. The standard InChI is InChI=1S/C13H21N3O4Si/c17-10-14-7-1-4-13(20-21,5-2-8-15-11-18)6-3-9-16-12-19/h1-9H2,21H3. The van der Waals surface area contributed by atoms with E-state index in [4.69, 9.17) is 4.43 Å². The van der Waals surface area contributed by atoms with Crippen LogP contribution in [0.1, 0.15) is 38.5 Å². The number of isocyanates is 3. The van der Waals surface area contributed by atoms with Gasteiger partial charge in [-0.2, -0.15) is 0 Å². The van der Waals surface area contributed by atoms with Gasteiger partial charge in [0.1, 0.15) is 10.5 Å². The molecule has 7 nitrogen and oxygen atoms in total. The highest BCUT2D eigenvalue weighted by Gasteiger charge is 2.27. The van der Waals surface area contributed by atoms with E-state index in [1.807, 2.05) is 0 Å². The maximum atomic E-state index is 10.1. The van der Waals surface area contributed by atoms with Crippen LogP contribution in [-0.2, 0) is 18.8 Å². The molecule has 0 aromatic carbocycles. The van der Waals surface area contributed by atoms with Crippen LogP contribution >= 0.6 is 0 Å². The maximum Gasteiger partial charge on any atom is 0.234 e. The van der Waals surface area contributed by atoms with Crippen LogP contribution < -0.4 is 0 Å². The molecule has 0 aromatic heterocycles. The van der Waals surface area contributed by atoms with Crippen LogP contribution in [0.15, 0.2) is 15.0 Å². The Morgan fingerprint density at radius 1 is 0.762 bits per heavy atom. The molecule has 0 heterocycles. The molecule has 0 rings (SSSR count). The zero-order chi connectivity index (χ0) is 15.8. The number of aliphatic imine (C=N–C) groups is 3. The highest BCUT2D eigenvalue weighted by molar-refractivity contribution is 5.98. The zero-order valence-electron chi connectivity index (χ0n) is 12.3. The van der Waals surface area contributed by atoms with Gasteiger partial charge in [-0.15, -0.1) is 0 Å². The fourth-order valence-corrected chi connectivity index (χ4v) is 2.87. The van der Waals surface area contributed by atoms with E-state index in [1.165, 1.54) is 18.2 Å². The van der Waals surface area contributed by atoms with Crippen molar-refractivity contribution < 1.29 is 18.8 Å². The second-order valence-electron chi connectivity index (χ2n) is 4.62. The summed E-state index contributed by atoms with van der Waals surface area (Å²) in [5, 5.41) is 0. The topological polar surface area (TPSA) is 97.5 Å². The summed E-state index contributed by atoms with van der Waals surface area (Å²) < 4.78 is 5.80. The molecular formula is C13H21N3O4Si. The van der Waals surface area contributed by atoms with Gasteiger partial charge in [0.05, 0.1) is 25.2 Å². The molecule has 0 atom stereocenters. The molecule has 8 heteroatoms. The molecule has 0 spiro atoms. The van der Waals surface area contributed by atoms with Crippen molar-refractivity contribution in [3.8, 4) is 0 Å². The van der Waals surface area contributed by atoms with Crippen LogP contribution in [0, 0.1) is 0 Å². The van der Waals surface area contributed by atoms with Crippen LogP contribution in [0.4, 0.5) is 0 Å². The van der Waals surface area contributed by atoms with Gasteiger partial charge in [-0.25, -0.2) is 29.4 Å². The molecule has 0 bridgehead atoms. The smallest absolute Gasteiger partial charge is 0.234 e. The molecule has 0 unspecified atom stereocenters. The van der Waals surface area contributed by atoms with Gasteiger partial charge in [0, 0.05) is 0 Å². The van der Waals surface area contributed by atoms with Crippen molar-refractivity contribution in [3.05, 3.63) is 0 Å². The van der Waals surface area contributed by atoms with Crippen molar-refractivity contribution in [1.29, 1.82) is 0 Å². The van der Waals surface area contributed by atoms with Gasteiger partial charge < -0.3 is 4.43 Å². The second-order valence-corrected chi connectivity index (χ2v) is 5.03. The molecule has 0 aliphatic rings. The molecule has 0 aliphatic carbocycles. The third-order valence-corrected chi connectivity index (χ3v) is 4.20. The zero-order valence-corrected chi connectivity index (χ0v) is 14.3. The molecule has 0 saturated carbocycles. The first-order valence-electron chi connectivity index (χ1n) is 6.90. The van der Waals surface area contributed by atoms with Crippen molar-refractivity contribution in [1.82, 2.24) is 0 Å². The largest absolute Gasteiger partial charge is 0.422 e. The Labute approximate surface area is 127 Å². The van der Waals surface area contributed by atoms with Gasteiger partial charge in [-0.1, -0.05) is 0 Å². The van der Waals surface area contributed by atoms with E-state index < -0.39 is 0 Å². The van der Waals surface area contributed by atoms with Crippen molar-refractivity contribution in [3.63, 3.8) is 0 Å². The molecule has 0 N–H and O–H groups in total. The lowest BCUT2D eigenvalue weighted by molar-refractivity contribution is 0.0465.